The number of nitrogens with two attached hydrogens (primary N) is 1. The first-order valence-corrected chi connectivity index (χ1v) is 12.5. The molecule has 2 amide bonds. The van der Waals surface area contributed by atoms with E-state index in [2.05, 4.69) is 16.3 Å². The molecule has 9 heteroatoms. The van der Waals surface area contributed by atoms with E-state index in [4.69, 9.17) is 5.73 Å². The summed E-state index contributed by atoms with van der Waals surface area (Å²) in [6, 6.07) is 17.8. The van der Waals surface area contributed by atoms with E-state index in [0.717, 1.165) is 40.5 Å². The molecule has 0 spiro atoms. The minimum Gasteiger partial charge on any atom is -0.384 e. The Morgan fingerprint density at radius 2 is 1.68 bits per heavy atom. The number of carbonyl (C=O) groups excluding carboxylic acids is 1. The van der Waals surface area contributed by atoms with E-state index in [1.807, 2.05) is 43.4 Å². The molecule has 38 heavy (non-hydrogen) atoms. The number of rotatable bonds is 4. The van der Waals surface area contributed by atoms with Crippen molar-refractivity contribution in [2.75, 3.05) is 38.5 Å². The van der Waals surface area contributed by atoms with E-state index < -0.39 is 23.3 Å². The van der Waals surface area contributed by atoms with Crippen LogP contribution >= 0.6 is 0 Å². The lowest BCUT2D eigenvalue weighted by Crippen LogP contribution is -2.65. The van der Waals surface area contributed by atoms with E-state index in [-0.39, 0.29) is 30.6 Å². The molecule has 3 aromatic rings. The maximum atomic E-state index is 13.6. The van der Waals surface area contributed by atoms with E-state index in [1.54, 1.807) is 11.0 Å². The van der Waals surface area contributed by atoms with Crippen LogP contribution in [0.1, 0.15) is 16.7 Å². The molecule has 0 radical (unpaired) electrons. The number of nitriles is 1. The minimum atomic E-state index is -1.16. The van der Waals surface area contributed by atoms with Crippen molar-refractivity contribution in [2.24, 2.45) is 17.6 Å². The highest BCUT2D eigenvalue weighted by atomic mass is 19.1. The van der Waals surface area contributed by atoms with Crippen LogP contribution in [0, 0.1) is 34.8 Å². The third-order valence-corrected chi connectivity index (χ3v) is 7.69. The van der Waals surface area contributed by atoms with Gasteiger partial charge in [0.25, 0.3) is 0 Å². The van der Waals surface area contributed by atoms with Gasteiger partial charge in [-0.1, -0.05) is 36.4 Å². The summed E-state index contributed by atoms with van der Waals surface area (Å²) in [4.78, 5) is 16.7. The van der Waals surface area contributed by atoms with Gasteiger partial charge in [0.1, 0.15) is 17.2 Å². The third kappa shape index (κ3) is 4.74. The molecule has 5 rings (SSSR count). The van der Waals surface area contributed by atoms with Crippen LogP contribution in [-0.4, -0.2) is 54.2 Å². The Labute approximate surface area is 220 Å². The zero-order valence-corrected chi connectivity index (χ0v) is 21.0. The maximum absolute atomic E-state index is 13.6. The van der Waals surface area contributed by atoms with Crippen LogP contribution in [0.5, 0.6) is 0 Å². The van der Waals surface area contributed by atoms with Crippen molar-refractivity contribution in [1.29, 1.82) is 5.26 Å². The first-order chi connectivity index (χ1) is 18.2. The van der Waals surface area contributed by atoms with Crippen LogP contribution in [0.25, 0.3) is 11.1 Å². The summed E-state index contributed by atoms with van der Waals surface area (Å²) >= 11 is 0. The number of piperidine rings is 2. The number of likely N-dealkylation sites (tertiary alicyclic amines) is 2. The third-order valence-electron chi connectivity index (χ3n) is 7.69. The number of urea groups is 1. The molecular formula is C29H29F2N5O2. The molecule has 0 aliphatic carbocycles. The molecule has 2 heterocycles. The van der Waals surface area contributed by atoms with Crippen LogP contribution in [0.4, 0.5) is 19.3 Å². The monoisotopic (exact) mass is 517 g/mol. The largest absolute Gasteiger partial charge is 0.384 e. The second kappa shape index (κ2) is 10.1. The van der Waals surface area contributed by atoms with E-state index in [9.17, 15) is 23.9 Å². The van der Waals surface area contributed by atoms with Gasteiger partial charge < -0.3 is 26.0 Å². The number of anilines is 1. The zero-order chi connectivity index (χ0) is 27.0. The number of hydrogen-bond acceptors (Lipinski definition) is 5. The quantitative estimate of drug-likeness (QED) is 0.487. The van der Waals surface area contributed by atoms with Gasteiger partial charge >= 0.3 is 6.03 Å². The number of halogens is 2. The number of nitrogens with zero attached hydrogens (tertiary/aromatic N) is 3. The number of hydrogen-bond donors (Lipinski definition) is 3. The molecule has 2 saturated heterocycles. The topological polar surface area (TPSA) is 106 Å². The zero-order valence-electron chi connectivity index (χ0n) is 21.0. The summed E-state index contributed by atoms with van der Waals surface area (Å²) in [5.74, 6) is -2.10. The molecular weight excluding hydrogens is 488 g/mol. The van der Waals surface area contributed by atoms with Gasteiger partial charge in [0.05, 0.1) is 11.6 Å². The van der Waals surface area contributed by atoms with Gasteiger partial charge in [0.2, 0.25) is 0 Å². The normalized spacial score (nSPS) is 23.1. The summed E-state index contributed by atoms with van der Waals surface area (Å²) in [5, 5.41) is 24.3. The summed E-state index contributed by atoms with van der Waals surface area (Å²) in [7, 11) is 1.99. The second-order valence-electron chi connectivity index (χ2n) is 10.2. The Morgan fingerprint density at radius 1 is 1.05 bits per heavy atom. The lowest BCUT2D eigenvalue weighted by molar-refractivity contribution is -0.153. The lowest BCUT2D eigenvalue weighted by Gasteiger charge is -2.55. The number of benzene rings is 3. The molecule has 2 bridgehead atoms. The molecule has 0 unspecified atom stereocenters. The Hall–Kier alpha value is -3.84. The lowest BCUT2D eigenvalue weighted by atomic mass is 9.66. The van der Waals surface area contributed by atoms with Crippen LogP contribution in [0.2, 0.25) is 0 Å². The fraction of sp³-hybridized carbons (Fsp3) is 0.310. The first kappa shape index (κ1) is 25.8. The molecule has 2 aliphatic heterocycles. The molecule has 3 aromatic carbocycles. The van der Waals surface area contributed by atoms with Gasteiger partial charge in [-0.2, -0.15) is 5.26 Å². The fourth-order valence-electron chi connectivity index (χ4n) is 5.88. The molecule has 0 saturated carbocycles. The number of aliphatic hydroxyl groups is 1. The van der Waals surface area contributed by atoms with Gasteiger partial charge in [-0.05, 0) is 47.5 Å². The summed E-state index contributed by atoms with van der Waals surface area (Å²) < 4.78 is 27.2. The van der Waals surface area contributed by atoms with Gasteiger partial charge in [0, 0.05) is 56.3 Å². The number of amides is 2. The summed E-state index contributed by atoms with van der Waals surface area (Å²) in [6.45, 7) is 2.06. The standard InChI is InChI=1S/C29H29F2N5O2/c1-35-14-22-16-36(28(37)34-26-10-24(30)9-25(31)11-26)17-23(15-35)29(22,38)21-5-3-19(4-6-21)27-7-2-18(12-32)8-20(27)13-33/h2-11,22-23,38H,12,14-17,32H2,1H3,(H,34,37)/t22-,23+,29+. The van der Waals surface area contributed by atoms with Crippen molar-refractivity contribution in [3.63, 3.8) is 0 Å². The average molecular weight is 518 g/mol. The van der Waals surface area contributed by atoms with Crippen LogP contribution in [0.3, 0.4) is 0 Å². The van der Waals surface area contributed by atoms with Crippen LogP contribution in [-0.2, 0) is 12.1 Å². The van der Waals surface area contributed by atoms with E-state index in [0.29, 0.717) is 25.2 Å². The van der Waals surface area contributed by atoms with Crippen molar-refractivity contribution in [1.82, 2.24) is 9.80 Å². The molecule has 4 N–H and O–H groups in total. The van der Waals surface area contributed by atoms with Gasteiger partial charge in [-0.3, -0.25) is 0 Å². The van der Waals surface area contributed by atoms with E-state index >= 15 is 0 Å². The summed E-state index contributed by atoms with van der Waals surface area (Å²) in [5.41, 5.74) is 8.43. The van der Waals surface area contributed by atoms with Crippen molar-refractivity contribution in [2.45, 2.75) is 12.1 Å². The highest BCUT2D eigenvalue weighted by Crippen LogP contribution is 2.45. The number of carbonyl (C=O) groups is 1. The molecule has 3 atom stereocenters. The Morgan fingerprint density at radius 3 is 2.26 bits per heavy atom. The smallest absolute Gasteiger partial charge is 0.321 e. The highest BCUT2D eigenvalue weighted by molar-refractivity contribution is 5.89. The fourth-order valence-corrected chi connectivity index (χ4v) is 5.88. The van der Waals surface area contributed by atoms with Crippen molar-refractivity contribution < 1.29 is 18.7 Å². The second-order valence-corrected chi connectivity index (χ2v) is 10.2. The SMILES string of the molecule is CN1C[C@@H]2CN(C(=O)Nc3cc(F)cc(F)c3)C[C@H](C1)[C@]2(O)c1ccc(-c2ccc(CN)cc2C#N)cc1. The Bertz CT molecular complexity index is 1370. The van der Waals surface area contributed by atoms with Crippen molar-refractivity contribution in [3.05, 3.63) is 89.0 Å². The molecule has 7 nitrogen and oxygen atoms in total. The number of fused-ring (bicyclic) bond motifs is 2. The van der Waals surface area contributed by atoms with Crippen LogP contribution < -0.4 is 11.1 Å². The molecule has 2 fully saturated rings. The van der Waals surface area contributed by atoms with Gasteiger partial charge in [-0.25, -0.2) is 13.6 Å². The molecule has 2 aliphatic rings. The Balaban J connectivity index is 1.39. The van der Waals surface area contributed by atoms with Crippen molar-refractivity contribution in [3.8, 4) is 17.2 Å². The average Bonchev–Trinajstić information content (AvgIpc) is 2.88. The van der Waals surface area contributed by atoms with Crippen molar-refractivity contribution >= 4 is 11.7 Å². The van der Waals surface area contributed by atoms with E-state index in [1.165, 1.54) is 0 Å². The predicted octanol–water partition coefficient (Wildman–Crippen LogP) is 3.88. The summed E-state index contributed by atoms with van der Waals surface area (Å²) in [6.07, 6.45) is 0. The van der Waals surface area contributed by atoms with Crippen LogP contribution in [0.15, 0.2) is 60.7 Å². The Kier molecular flexibility index (Phi) is 6.88. The number of nitrogens with one attached hydrogen (secondary N) is 1. The predicted molar refractivity (Wildman–Crippen MR) is 140 cm³/mol. The first-order valence-electron chi connectivity index (χ1n) is 12.5. The maximum Gasteiger partial charge on any atom is 0.321 e. The molecule has 196 valence electrons. The highest BCUT2D eigenvalue weighted by Gasteiger charge is 2.53. The van der Waals surface area contributed by atoms with Gasteiger partial charge in [-0.15, -0.1) is 0 Å². The molecule has 0 aromatic heterocycles. The van der Waals surface area contributed by atoms with Gasteiger partial charge in [0.15, 0.2) is 0 Å². The minimum absolute atomic E-state index is 0.0439.